The van der Waals surface area contributed by atoms with E-state index in [1.807, 2.05) is 24.3 Å². The van der Waals surface area contributed by atoms with Crippen LogP contribution in [0.25, 0.3) is 0 Å². The largest absolute Gasteiger partial charge is 0.457 e. The van der Waals surface area contributed by atoms with E-state index in [1.54, 1.807) is 23.9 Å². The third-order valence-corrected chi connectivity index (χ3v) is 8.63. The summed E-state index contributed by atoms with van der Waals surface area (Å²) in [7, 11) is -3.94. The number of benzene rings is 2. The number of amides is 1. The Kier molecular flexibility index (Phi) is 7.38. The van der Waals surface area contributed by atoms with E-state index in [4.69, 9.17) is 9.47 Å². The Hall–Kier alpha value is -1.68. The Morgan fingerprint density at radius 2 is 1.60 bits per heavy atom. The average molecular weight is 468 g/mol. The van der Waals surface area contributed by atoms with Crippen LogP contribution >= 0.6 is 24.6 Å². The summed E-state index contributed by atoms with van der Waals surface area (Å²) >= 11 is 5.56. The molecule has 162 valence electrons. The molecule has 0 radical (unpaired) electrons. The lowest BCUT2D eigenvalue weighted by molar-refractivity contribution is -0.124. The fraction of sp³-hybridized carbons (Fsp3) is 0.381. The first-order valence-electron chi connectivity index (χ1n) is 9.60. The van der Waals surface area contributed by atoms with Crippen molar-refractivity contribution in [2.45, 2.75) is 46.5 Å². The highest BCUT2D eigenvalue weighted by Crippen LogP contribution is 2.36. The fourth-order valence-electron chi connectivity index (χ4n) is 3.33. The summed E-state index contributed by atoms with van der Waals surface area (Å²) in [4.78, 5) is 13.7. The van der Waals surface area contributed by atoms with Crippen LogP contribution in [0.5, 0.6) is 11.5 Å². The van der Waals surface area contributed by atoms with Gasteiger partial charge in [-0.15, -0.1) is 11.8 Å². The molecule has 1 heterocycles. The van der Waals surface area contributed by atoms with E-state index < -0.39 is 20.5 Å². The molecule has 1 fully saturated rings. The van der Waals surface area contributed by atoms with Gasteiger partial charge >= 0.3 is 0 Å². The van der Waals surface area contributed by atoms with Gasteiger partial charge in [-0.25, -0.2) is 8.42 Å². The molecule has 0 aliphatic carbocycles. The van der Waals surface area contributed by atoms with Gasteiger partial charge in [0.05, 0.1) is 4.90 Å². The molecule has 1 N–H and O–H groups in total. The SMILES string of the molecule is CC(C)Sc1ccc(Oc2ccc(S(=O)(=O)C3(C(=O)NS)CCOCC3)cc2)cc1. The highest BCUT2D eigenvalue weighted by molar-refractivity contribution is 7.99. The molecule has 1 saturated heterocycles. The van der Waals surface area contributed by atoms with Crippen molar-refractivity contribution in [2.24, 2.45) is 0 Å². The van der Waals surface area contributed by atoms with E-state index in [9.17, 15) is 13.2 Å². The lowest BCUT2D eigenvalue weighted by Gasteiger charge is -2.34. The maximum Gasteiger partial charge on any atom is 0.251 e. The van der Waals surface area contributed by atoms with Crippen molar-refractivity contribution in [1.82, 2.24) is 4.72 Å². The maximum atomic E-state index is 13.3. The van der Waals surface area contributed by atoms with Crippen LogP contribution < -0.4 is 9.46 Å². The maximum absolute atomic E-state index is 13.3. The summed E-state index contributed by atoms with van der Waals surface area (Å²) in [5, 5.41) is 0.495. The third-order valence-electron chi connectivity index (χ3n) is 4.90. The van der Waals surface area contributed by atoms with Crippen molar-refractivity contribution in [2.75, 3.05) is 13.2 Å². The Balaban J connectivity index is 1.79. The van der Waals surface area contributed by atoms with Crippen molar-refractivity contribution >= 4 is 40.3 Å². The monoisotopic (exact) mass is 467 g/mol. The lowest BCUT2D eigenvalue weighted by atomic mass is 9.98. The van der Waals surface area contributed by atoms with Crippen molar-refractivity contribution in [3.8, 4) is 11.5 Å². The standard InChI is InChI=1S/C21H25NO5S3/c1-15(2)29-18-7-3-16(4-8-18)27-17-5-9-19(10-6-17)30(24,25)21(20(23)22-28)11-13-26-14-12-21/h3-10,15,28H,11-14H2,1-2H3,(H,22,23). The molecular formula is C21H25NO5S3. The minimum absolute atomic E-state index is 0.0670. The quantitative estimate of drug-likeness (QED) is 0.468. The van der Waals surface area contributed by atoms with E-state index in [0.717, 1.165) is 4.90 Å². The van der Waals surface area contributed by atoms with Crippen LogP contribution in [0.3, 0.4) is 0 Å². The molecule has 9 heteroatoms. The zero-order valence-corrected chi connectivity index (χ0v) is 19.4. The van der Waals surface area contributed by atoms with Crippen LogP contribution in [0.4, 0.5) is 0 Å². The van der Waals surface area contributed by atoms with E-state index >= 15 is 0 Å². The Labute approximate surface area is 187 Å². The van der Waals surface area contributed by atoms with E-state index in [1.165, 1.54) is 12.1 Å². The molecule has 2 aromatic carbocycles. The first-order chi connectivity index (χ1) is 14.3. The number of rotatable bonds is 7. The number of hydrogen-bond donors (Lipinski definition) is 2. The number of ether oxygens (including phenoxy) is 2. The lowest BCUT2D eigenvalue weighted by Crippen LogP contribution is -2.53. The predicted octanol–water partition coefficient (Wildman–Crippen LogP) is 4.26. The molecule has 30 heavy (non-hydrogen) atoms. The Morgan fingerprint density at radius 3 is 2.10 bits per heavy atom. The van der Waals surface area contributed by atoms with Gasteiger partial charge in [-0.05, 0) is 61.4 Å². The van der Waals surface area contributed by atoms with Gasteiger partial charge in [-0.1, -0.05) is 26.7 Å². The number of hydrogen-bond acceptors (Lipinski definition) is 7. The van der Waals surface area contributed by atoms with Crippen LogP contribution in [-0.4, -0.2) is 37.5 Å². The van der Waals surface area contributed by atoms with E-state index in [-0.39, 0.29) is 31.0 Å². The molecule has 6 nitrogen and oxygen atoms in total. The topological polar surface area (TPSA) is 81.7 Å². The molecule has 0 saturated carbocycles. The third kappa shape index (κ3) is 4.80. The molecule has 0 bridgehead atoms. The number of carbonyl (C=O) groups is 1. The summed E-state index contributed by atoms with van der Waals surface area (Å²) < 4.78 is 38.3. The van der Waals surface area contributed by atoms with Gasteiger partial charge in [0.1, 0.15) is 11.5 Å². The Bertz CT molecular complexity index is 967. The van der Waals surface area contributed by atoms with Crippen LogP contribution in [0.15, 0.2) is 58.3 Å². The van der Waals surface area contributed by atoms with Gasteiger partial charge < -0.3 is 14.2 Å². The van der Waals surface area contributed by atoms with Gasteiger partial charge in [0.15, 0.2) is 14.6 Å². The molecule has 0 atom stereocenters. The van der Waals surface area contributed by atoms with Gasteiger partial charge in [-0.2, -0.15) is 0 Å². The van der Waals surface area contributed by atoms with Gasteiger partial charge in [0.2, 0.25) is 0 Å². The van der Waals surface area contributed by atoms with Crippen LogP contribution in [0.2, 0.25) is 0 Å². The van der Waals surface area contributed by atoms with Crippen LogP contribution in [0, 0.1) is 0 Å². The van der Waals surface area contributed by atoms with Crippen molar-refractivity contribution in [3.63, 3.8) is 0 Å². The minimum Gasteiger partial charge on any atom is -0.457 e. The van der Waals surface area contributed by atoms with Crippen LogP contribution in [0.1, 0.15) is 26.7 Å². The number of nitrogens with one attached hydrogen (secondary N) is 1. The number of thioether (sulfide) groups is 1. The molecule has 2 aromatic rings. The number of carbonyl (C=O) groups excluding carboxylic acids is 1. The van der Waals surface area contributed by atoms with E-state index in [2.05, 4.69) is 31.4 Å². The Morgan fingerprint density at radius 1 is 1.07 bits per heavy atom. The second kappa shape index (κ2) is 9.64. The zero-order valence-electron chi connectivity index (χ0n) is 16.8. The highest BCUT2D eigenvalue weighted by atomic mass is 32.2. The second-order valence-electron chi connectivity index (χ2n) is 7.26. The summed E-state index contributed by atoms with van der Waals surface area (Å²) in [6, 6.07) is 13.9. The van der Waals surface area contributed by atoms with Crippen LogP contribution in [-0.2, 0) is 19.4 Å². The average Bonchev–Trinajstić information content (AvgIpc) is 2.75. The molecule has 1 amide bonds. The number of sulfone groups is 1. The smallest absolute Gasteiger partial charge is 0.251 e. The summed E-state index contributed by atoms with van der Waals surface area (Å²) in [5.41, 5.74) is 0. The second-order valence-corrected chi connectivity index (χ2v) is 11.4. The van der Waals surface area contributed by atoms with Crippen molar-refractivity contribution in [3.05, 3.63) is 48.5 Å². The molecular weight excluding hydrogens is 442 g/mol. The predicted molar refractivity (Wildman–Crippen MR) is 121 cm³/mol. The zero-order chi connectivity index (χ0) is 21.8. The molecule has 1 aliphatic heterocycles. The summed E-state index contributed by atoms with van der Waals surface area (Å²) in [6.07, 6.45) is 0.168. The normalized spacial score (nSPS) is 16.3. The summed E-state index contributed by atoms with van der Waals surface area (Å²) in [5.74, 6) is 0.542. The highest BCUT2D eigenvalue weighted by Gasteiger charge is 2.52. The van der Waals surface area contributed by atoms with Crippen molar-refractivity contribution < 1.29 is 22.7 Å². The van der Waals surface area contributed by atoms with Gasteiger partial charge in [0, 0.05) is 23.4 Å². The first kappa shape index (κ1) is 23.0. The fourth-order valence-corrected chi connectivity index (χ4v) is 6.40. The molecule has 1 aliphatic rings. The summed E-state index contributed by atoms with van der Waals surface area (Å²) in [6.45, 7) is 4.67. The molecule has 0 spiro atoms. The molecule has 3 rings (SSSR count). The van der Waals surface area contributed by atoms with Gasteiger partial charge in [-0.3, -0.25) is 4.79 Å². The number of thiol groups is 1. The molecule has 0 unspecified atom stereocenters. The minimum atomic E-state index is -3.94. The first-order valence-corrected chi connectivity index (χ1v) is 12.4. The van der Waals surface area contributed by atoms with Gasteiger partial charge in [0.25, 0.3) is 5.91 Å². The van der Waals surface area contributed by atoms with E-state index in [0.29, 0.717) is 16.7 Å². The molecule has 0 aromatic heterocycles. The van der Waals surface area contributed by atoms with Crippen molar-refractivity contribution in [1.29, 1.82) is 0 Å².